The van der Waals surface area contributed by atoms with Gasteiger partial charge in [-0.3, -0.25) is 14.6 Å². The summed E-state index contributed by atoms with van der Waals surface area (Å²) >= 11 is 1.51. The van der Waals surface area contributed by atoms with Gasteiger partial charge in [-0.05, 0) is 71.3 Å². The lowest BCUT2D eigenvalue weighted by Crippen LogP contribution is -2.52. The van der Waals surface area contributed by atoms with Crippen LogP contribution in [0.1, 0.15) is 47.7 Å². The van der Waals surface area contributed by atoms with Gasteiger partial charge in [0, 0.05) is 69.8 Å². The average Bonchev–Trinajstić information content (AvgIpc) is 3.33. The predicted molar refractivity (Wildman–Crippen MR) is 168 cm³/mol. The number of likely N-dealkylation sites (N-methyl/N-ethyl adjacent to an activating group) is 1. The number of anilines is 6. The number of amides is 1. The molecule has 2 aromatic heterocycles. The molecular weight excluding hydrogens is 534 g/mol. The van der Waals surface area contributed by atoms with Crippen molar-refractivity contribution in [3.8, 4) is 0 Å². The third kappa shape index (κ3) is 5.38. The highest BCUT2D eigenvalue weighted by Crippen LogP contribution is 2.42. The smallest absolute Gasteiger partial charge is 0.280 e. The maximum atomic E-state index is 13.5. The number of piperazine rings is 1. The highest BCUT2D eigenvalue weighted by molar-refractivity contribution is 7.16. The Bertz CT molecular complexity index is 1420. The van der Waals surface area contributed by atoms with Crippen molar-refractivity contribution in [3.05, 3.63) is 40.7 Å². The molecule has 11 heteroatoms. The first-order chi connectivity index (χ1) is 19.7. The number of carbonyl (C=O) groups excluding carboxylic acids is 1. The lowest BCUT2D eigenvalue weighted by molar-refractivity contribution is 0.0977. The molecule has 3 aromatic rings. The summed E-state index contributed by atoms with van der Waals surface area (Å²) in [5.74, 6) is 1.07. The number of piperidine rings is 1. The number of benzene rings is 1. The van der Waals surface area contributed by atoms with Crippen molar-refractivity contribution in [2.75, 3.05) is 73.4 Å². The Morgan fingerprint density at radius 2 is 1.73 bits per heavy atom. The highest BCUT2D eigenvalue weighted by Gasteiger charge is 2.35. The summed E-state index contributed by atoms with van der Waals surface area (Å²) in [6.45, 7) is 15.0. The maximum Gasteiger partial charge on any atom is 0.280 e. The lowest BCUT2D eigenvalue weighted by atomic mass is 10.0. The molecule has 3 aliphatic rings. The van der Waals surface area contributed by atoms with Crippen LogP contribution in [0.25, 0.3) is 0 Å². The van der Waals surface area contributed by atoms with E-state index in [4.69, 9.17) is 4.98 Å². The summed E-state index contributed by atoms with van der Waals surface area (Å²) in [5, 5.41) is 5.10. The van der Waals surface area contributed by atoms with E-state index in [9.17, 15) is 4.79 Å². The first-order valence-electron chi connectivity index (χ1n) is 14.7. The average molecular weight is 576 g/mol. The van der Waals surface area contributed by atoms with Gasteiger partial charge in [-0.25, -0.2) is 9.97 Å². The molecule has 0 atom stereocenters. The van der Waals surface area contributed by atoms with E-state index in [-0.39, 0.29) is 11.9 Å². The van der Waals surface area contributed by atoms with Gasteiger partial charge in [0.25, 0.3) is 5.91 Å². The summed E-state index contributed by atoms with van der Waals surface area (Å²) in [6, 6.07) is 7.24. The van der Waals surface area contributed by atoms with Gasteiger partial charge in [-0.1, -0.05) is 0 Å². The van der Waals surface area contributed by atoms with E-state index in [0.717, 1.165) is 34.3 Å². The Morgan fingerprint density at radius 3 is 2.41 bits per heavy atom. The minimum atomic E-state index is -0.117. The van der Waals surface area contributed by atoms with E-state index in [1.165, 1.54) is 56.0 Å². The van der Waals surface area contributed by atoms with Crippen LogP contribution in [0.5, 0.6) is 0 Å². The zero-order chi connectivity index (χ0) is 28.8. The van der Waals surface area contributed by atoms with Gasteiger partial charge in [0.15, 0.2) is 11.5 Å². The molecule has 0 unspecified atom stereocenters. The maximum absolute atomic E-state index is 13.5. The van der Waals surface area contributed by atoms with Crippen LogP contribution in [0, 0.1) is 13.8 Å². The fourth-order valence-electron chi connectivity index (χ4n) is 6.24. The molecule has 2 fully saturated rings. The molecule has 6 rings (SSSR count). The number of hydrogen-bond donors (Lipinski definition) is 1. The third-order valence-corrected chi connectivity index (χ3v) is 9.67. The number of fused-ring (bicyclic) bond motifs is 2. The number of nitrogens with one attached hydrogen (secondary N) is 1. The first kappa shape index (κ1) is 27.9. The molecule has 1 aromatic carbocycles. The van der Waals surface area contributed by atoms with Crippen LogP contribution in [-0.2, 0) is 0 Å². The van der Waals surface area contributed by atoms with Crippen LogP contribution in [0.15, 0.2) is 24.4 Å². The Balaban J connectivity index is 1.18. The molecular formula is C30H41N9OS. The van der Waals surface area contributed by atoms with Gasteiger partial charge in [0.2, 0.25) is 5.95 Å². The van der Waals surface area contributed by atoms with Crippen LogP contribution in [0.3, 0.4) is 0 Å². The van der Waals surface area contributed by atoms with Gasteiger partial charge in [0.05, 0.1) is 11.2 Å². The minimum absolute atomic E-state index is 0.0635. The molecule has 1 amide bonds. The predicted octanol–water partition coefficient (Wildman–Crippen LogP) is 4.65. The van der Waals surface area contributed by atoms with Gasteiger partial charge >= 0.3 is 0 Å². The zero-order valence-electron chi connectivity index (χ0n) is 25.0. The van der Waals surface area contributed by atoms with Crippen molar-refractivity contribution >= 4 is 51.1 Å². The van der Waals surface area contributed by atoms with Crippen molar-refractivity contribution in [1.82, 2.24) is 24.8 Å². The Hall–Kier alpha value is -3.28. The lowest BCUT2D eigenvalue weighted by Gasteiger charge is -2.42. The number of thiazole rings is 1. The van der Waals surface area contributed by atoms with Crippen LogP contribution in [0.4, 0.5) is 33.8 Å². The fraction of sp³-hybridized carbons (Fsp3) is 0.533. The number of aromatic nitrogens is 3. The second-order valence-electron chi connectivity index (χ2n) is 11.8. The van der Waals surface area contributed by atoms with Crippen molar-refractivity contribution < 1.29 is 4.79 Å². The van der Waals surface area contributed by atoms with Crippen molar-refractivity contribution in [2.45, 2.75) is 52.6 Å². The summed E-state index contributed by atoms with van der Waals surface area (Å²) in [6.07, 6.45) is 4.18. The molecule has 5 heterocycles. The SMILES string of the molecule is Cc1nc2c(s1)N(C)c1nc(Nc3ccc(N4CCC(N5CCN(C)CC5)CC4)cc3C)ncc1N(C(C)C)C2=O. The van der Waals surface area contributed by atoms with E-state index >= 15 is 0 Å². The number of carbonyl (C=O) groups is 1. The molecule has 0 spiro atoms. The molecule has 0 bridgehead atoms. The molecule has 3 aliphatic heterocycles. The molecule has 218 valence electrons. The van der Waals surface area contributed by atoms with Gasteiger partial charge in [0.1, 0.15) is 10.7 Å². The molecule has 0 aliphatic carbocycles. The standard InChI is InChI=1S/C30H41N9OS/c1-19(2)39-25-18-31-30(34-27(25)36(6)29-26(28(39)40)32-21(4)41-29)33-24-8-7-23(17-20(24)3)37-11-9-22(10-12-37)38-15-13-35(5)14-16-38/h7-8,17-19,22H,9-16H2,1-6H3,(H,31,33,34). The molecule has 1 N–H and O–H groups in total. The largest absolute Gasteiger partial charge is 0.371 e. The van der Waals surface area contributed by atoms with Crippen LogP contribution >= 0.6 is 11.3 Å². The minimum Gasteiger partial charge on any atom is -0.371 e. The second kappa shape index (κ2) is 11.2. The Labute approximate surface area is 247 Å². The van der Waals surface area contributed by atoms with Crippen molar-refractivity contribution in [3.63, 3.8) is 0 Å². The van der Waals surface area contributed by atoms with Crippen LogP contribution < -0.4 is 20.0 Å². The van der Waals surface area contributed by atoms with E-state index in [2.05, 4.69) is 62.2 Å². The van der Waals surface area contributed by atoms with Gasteiger partial charge < -0.3 is 20.0 Å². The Kier molecular flexibility index (Phi) is 7.60. The second-order valence-corrected chi connectivity index (χ2v) is 13.0. The summed E-state index contributed by atoms with van der Waals surface area (Å²) in [7, 11) is 4.16. The fourth-order valence-corrected chi connectivity index (χ4v) is 7.11. The summed E-state index contributed by atoms with van der Waals surface area (Å²) in [5.41, 5.74) is 4.55. The van der Waals surface area contributed by atoms with Gasteiger partial charge in [-0.2, -0.15) is 4.98 Å². The highest BCUT2D eigenvalue weighted by atomic mass is 32.1. The molecule has 0 radical (unpaired) electrons. The van der Waals surface area contributed by atoms with Crippen molar-refractivity contribution in [2.24, 2.45) is 0 Å². The number of aryl methyl sites for hydroxylation is 2. The number of nitrogens with zero attached hydrogens (tertiary/aromatic N) is 8. The summed E-state index contributed by atoms with van der Waals surface area (Å²) in [4.78, 5) is 38.9. The Morgan fingerprint density at radius 1 is 1.00 bits per heavy atom. The normalized spacial score (nSPS) is 19.0. The van der Waals surface area contributed by atoms with Crippen LogP contribution in [0.2, 0.25) is 0 Å². The monoisotopic (exact) mass is 575 g/mol. The molecule has 0 saturated carbocycles. The topological polar surface area (TPSA) is 84.0 Å². The summed E-state index contributed by atoms with van der Waals surface area (Å²) < 4.78 is 0. The van der Waals surface area contributed by atoms with E-state index in [0.29, 0.717) is 29.2 Å². The van der Waals surface area contributed by atoms with Gasteiger partial charge in [-0.15, -0.1) is 11.3 Å². The third-order valence-electron chi connectivity index (χ3n) is 8.63. The molecule has 2 saturated heterocycles. The number of hydrogen-bond acceptors (Lipinski definition) is 10. The number of rotatable bonds is 5. The zero-order valence-corrected chi connectivity index (χ0v) is 25.8. The van der Waals surface area contributed by atoms with E-state index in [1.54, 1.807) is 11.1 Å². The van der Waals surface area contributed by atoms with Crippen molar-refractivity contribution in [1.29, 1.82) is 0 Å². The molecule has 41 heavy (non-hydrogen) atoms. The van der Waals surface area contributed by atoms with E-state index < -0.39 is 0 Å². The first-order valence-corrected chi connectivity index (χ1v) is 15.5. The van der Waals surface area contributed by atoms with E-state index in [1.807, 2.05) is 32.7 Å². The van der Waals surface area contributed by atoms with Crippen LogP contribution in [-0.4, -0.2) is 96.1 Å². The molecule has 10 nitrogen and oxygen atoms in total. The quantitative estimate of drug-likeness (QED) is 0.468.